The Morgan fingerprint density at radius 1 is 1.19 bits per heavy atom. The quantitative estimate of drug-likeness (QED) is 0.400. The molecule has 0 spiro atoms. The third-order valence-electron chi connectivity index (χ3n) is 3.04. The lowest BCUT2D eigenvalue weighted by Crippen LogP contribution is -1.99. The first kappa shape index (κ1) is 16.2. The van der Waals surface area contributed by atoms with Gasteiger partial charge in [0.2, 0.25) is 0 Å². The van der Waals surface area contributed by atoms with Gasteiger partial charge in [0.25, 0.3) is 0 Å². The van der Waals surface area contributed by atoms with E-state index in [1.165, 1.54) is 5.56 Å². The molecule has 110 valence electrons. The summed E-state index contributed by atoms with van der Waals surface area (Å²) in [5.74, 6) is 1.12. The van der Waals surface area contributed by atoms with Gasteiger partial charge < -0.3 is 0 Å². The standard InChI is InChI=1S/C17H18BrNOS/c1-12-10-13(2)19-17(11-12)21-9-3-4-16(20)14-5-7-15(18)8-6-14/h5-8,10-11H,3-4,9H2,1-2H3. The first-order valence-corrected chi connectivity index (χ1v) is 8.69. The van der Waals surface area contributed by atoms with Crippen LogP contribution >= 0.6 is 27.7 Å². The summed E-state index contributed by atoms with van der Waals surface area (Å²) in [6.45, 7) is 4.09. The van der Waals surface area contributed by atoms with Crippen molar-refractivity contribution in [2.24, 2.45) is 0 Å². The third-order valence-corrected chi connectivity index (χ3v) is 4.56. The largest absolute Gasteiger partial charge is 0.294 e. The predicted molar refractivity (Wildman–Crippen MR) is 92.1 cm³/mol. The van der Waals surface area contributed by atoms with Crippen molar-refractivity contribution in [3.05, 3.63) is 57.7 Å². The number of rotatable bonds is 6. The van der Waals surface area contributed by atoms with Gasteiger partial charge in [0.15, 0.2) is 5.78 Å². The van der Waals surface area contributed by atoms with Gasteiger partial charge in [0.1, 0.15) is 0 Å². The molecule has 21 heavy (non-hydrogen) atoms. The lowest BCUT2D eigenvalue weighted by molar-refractivity contribution is 0.0982. The van der Waals surface area contributed by atoms with Crippen molar-refractivity contribution >= 4 is 33.5 Å². The second kappa shape index (κ2) is 7.76. The lowest BCUT2D eigenvalue weighted by atomic mass is 10.1. The summed E-state index contributed by atoms with van der Waals surface area (Å²) in [6.07, 6.45) is 1.45. The van der Waals surface area contributed by atoms with Crippen LogP contribution in [-0.2, 0) is 0 Å². The Bertz CT molecular complexity index is 605. The van der Waals surface area contributed by atoms with Crippen molar-refractivity contribution in [1.82, 2.24) is 4.98 Å². The van der Waals surface area contributed by atoms with E-state index in [2.05, 4.69) is 40.0 Å². The van der Waals surface area contributed by atoms with E-state index >= 15 is 0 Å². The number of thioether (sulfide) groups is 1. The molecule has 0 saturated heterocycles. The summed E-state index contributed by atoms with van der Waals surface area (Å²) < 4.78 is 0.996. The first-order valence-electron chi connectivity index (χ1n) is 6.91. The van der Waals surface area contributed by atoms with Crippen molar-refractivity contribution in [2.75, 3.05) is 5.75 Å². The zero-order valence-corrected chi connectivity index (χ0v) is 14.6. The lowest BCUT2D eigenvalue weighted by Gasteiger charge is -2.04. The van der Waals surface area contributed by atoms with E-state index in [-0.39, 0.29) is 5.78 Å². The summed E-state index contributed by atoms with van der Waals surface area (Å²) in [5.41, 5.74) is 3.06. The molecule has 0 bridgehead atoms. The summed E-state index contributed by atoms with van der Waals surface area (Å²) >= 11 is 5.09. The zero-order valence-electron chi connectivity index (χ0n) is 12.2. The van der Waals surface area contributed by atoms with Gasteiger partial charge in [-0.05, 0) is 55.9 Å². The molecule has 0 saturated carbocycles. The van der Waals surface area contributed by atoms with Crippen LogP contribution in [0.25, 0.3) is 0 Å². The maximum absolute atomic E-state index is 12.0. The number of hydrogen-bond donors (Lipinski definition) is 0. The molecule has 0 aliphatic carbocycles. The minimum atomic E-state index is 0.205. The average molecular weight is 364 g/mol. The number of aryl methyl sites for hydroxylation is 2. The molecule has 0 aliphatic rings. The molecule has 0 radical (unpaired) electrons. The number of ketones is 1. The van der Waals surface area contributed by atoms with Gasteiger partial charge >= 0.3 is 0 Å². The number of halogens is 1. The maximum atomic E-state index is 12.0. The molecule has 1 aromatic carbocycles. The molecule has 1 aromatic heterocycles. The molecule has 2 aromatic rings. The fraction of sp³-hybridized carbons (Fsp3) is 0.294. The van der Waals surface area contributed by atoms with Gasteiger partial charge in [-0.2, -0.15) is 0 Å². The number of aromatic nitrogens is 1. The number of Topliss-reactive ketones (excluding diaryl/α,β-unsaturated/α-hetero) is 1. The highest BCUT2D eigenvalue weighted by Gasteiger charge is 2.06. The monoisotopic (exact) mass is 363 g/mol. The minimum Gasteiger partial charge on any atom is -0.294 e. The van der Waals surface area contributed by atoms with Crippen molar-refractivity contribution in [1.29, 1.82) is 0 Å². The Balaban J connectivity index is 1.79. The fourth-order valence-corrected chi connectivity index (χ4v) is 3.31. The molecular weight excluding hydrogens is 346 g/mol. The molecule has 0 atom stereocenters. The fourth-order valence-electron chi connectivity index (χ4n) is 2.07. The molecular formula is C17H18BrNOS. The molecule has 2 nitrogen and oxygen atoms in total. The number of hydrogen-bond acceptors (Lipinski definition) is 3. The highest BCUT2D eigenvalue weighted by Crippen LogP contribution is 2.20. The Morgan fingerprint density at radius 3 is 2.57 bits per heavy atom. The Hall–Kier alpha value is -1.13. The molecule has 0 N–H and O–H groups in total. The van der Waals surface area contributed by atoms with Crippen LogP contribution in [0.5, 0.6) is 0 Å². The smallest absolute Gasteiger partial charge is 0.162 e. The van der Waals surface area contributed by atoms with Gasteiger partial charge in [-0.25, -0.2) is 4.98 Å². The number of pyridine rings is 1. The number of carbonyl (C=O) groups is 1. The number of nitrogens with zero attached hydrogens (tertiary/aromatic N) is 1. The van der Waals surface area contributed by atoms with Crippen LogP contribution in [-0.4, -0.2) is 16.5 Å². The normalized spacial score (nSPS) is 10.6. The predicted octanol–water partition coefficient (Wildman–Crippen LogP) is 5.22. The average Bonchev–Trinajstić information content (AvgIpc) is 2.43. The van der Waals surface area contributed by atoms with Crippen molar-refractivity contribution in [3.63, 3.8) is 0 Å². The van der Waals surface area contributed by atoms with E-state index in [0.29, 0.717) is 6.42 Å². The Labute approximate surface area is 138 Å². The Kier molecular flexibility index (Phi) is 6.00. The molecule has 2 rings (SSSR count). The zero-order chi connectivity index (χ0) is 15.2. The van der Waals surface area contributed by atoms with Gasteiger partial charge in [-0.3, -0.25) is 4.79 Å². The third kappa shape index (κ3) is 5.29. The highest BCUT2D eigenvalue weighted by atomic mass is 79.9. The molecule has 0 fully saturated rings. The summed E-state index contributed by atoms with van der Waals surface area (Å²) in [6, 6.07) is 11.7. The number of benzene rings is 1. The van der Waals surface area contributed by atoms with Crippen LogP contribution in [0.15, 0.2) is 45.9 Å². The second-order valence-electron chi connectivity index (χ2n) is 5.01. The summed E-state index contributed by atoms with van der Waals surface area (Å²) in [5, 5.41) is 1.04. The summed E-state index contributed by atoms with van der Waals surface area (Å²) in [7, 11) is 0. The van der Waals surface area contributed by atoms with Crippen LogP contribution in [0.2, 0.25) is 0 Å². The van der Waals surface area contributed by atoms with Crippen LogP contribution in [0.4, 0.5) is 0 Å². The Morgan fingerprint density at radius 2 is 1.90 bits per heavy atom. The molecule has 0 aliphatic heterocycles. The highest BCUT2D eigenvalue weighted by molar-refractivity contribution is 9.10. The van der Waals surface area contributed by atoms with Crippen LogP contribution in [0.3, 0.4) is 0 Å². The van der Waals surface area contributed by atoms with E-state index in [9.17, 15) is 4.79 Å². The van der Waals surface area contributed by atoms with Crippen LogP contribution in [0, 0.1) is 13.8 Å². The van der Waals surface area contributed by atoms with E-state index in [4.69, 9.17) is 0 Å². The van der Waals surface area contributed by atoms with Gasteiger partial charge in [-0.15, -0.1) is 11.8 Å². The van der Waals surface area contributed by atoms with E-state index in [1.54, 1.807) is 11.8 Å². The van der Waals surface area contributed by atoms with Gasteiger partial charge in [-0.1, -0.05) is 28.1 Å². The minimum absolute atomic E-state index is 0.205. The van der Waals surface area contributed by atoms with Crippen molar-refractivity contribution in [2.45, 2.75) is 31.7 Å². The van der Waals surface area contributed by atoms with Crippen molar-refractivity contribution < 1.29 is 4.79 Å². The van der Waals surface area contributed by atoms with E-state index in [1.807, 2.05) is 31.2 Å². The summed E-state index contributed by atoms with van der Waals surface area (Å²) in [4.78, 5) is 16.5. The van der Waals surface area contributed by atoms with Crippen molar-refractivity contribution in [3.8, 4) is 0 Å². The van der Waals surface area contributed by atoms with E-state index < -0.39 is 0 Å². The first-order chi connectivity index (χ1) is 10.0. The number of carbonyl (C=O) groups excluding carboxylic acids is 1. The molecule has 0 unspecified atom stereocenters. The molecule has 0 amide bonds. The van der Waals surface area contributed by atoms with Gasteiger partial charge in [0.05, 0.1) is 5.03 Å². The van der Waals surface area contributed by atoms with Crippen LogP contribution in [0.1, 0.15) is 34.5 Å². The molecule has 1 heterocycles. The van der Waals surface area contributed by atoms with Crippen LogP contribution < -0.4 is 0 Å². The van der Waals surface area contributed by atoms with Gasteiger partial charge in [0, 0.05) is 22.2 Å². The van der Waals surface area contributed by atoms with E-state index in [0.717, 1.165) is 32.9 Å². The molecule has 4 heteroatoms. The maximum Gasteiger partial charge on any atom is 0.162 e. The SMILES string of the molecule is Cc1cc(C)nc(SCCCC(=O)c2ccc(Br)cc2)c1. The topological polar surface area (TPSA) is 30.0 Å². The second-order valence-corrected chi connectivity index (χ2v) is 7.04.